The van der Waals surface area contributed by atoms with Gasteiger partial charge in [0.2, 0.25) is 0 Å². The Hall–Kier alpha value is -1.54. The molecular weight excluding hydrogens is 256 g/mol. The quantitative estimate of drug-likeness (QED) is 0.774. The molecule has 0 aliphatic carbocycles. The van der Waals surface area contributed by atoms with E-state index < -0.39 is 0 Å². The van der Waals surface area contributed by atoms with Crippen molar-refractivity contribution in [2.24, 2.45) is 0 Å². The van der Waals surface area contributed by atoms with Gasteiger partial charge >= 0.3 is 0 Å². The fraction of sp³-hybridized carbons (Fsp3) is 0.312. The van der Waals surface area contributed by atoms with Crippen LogP contribution in [0.2, 0.25) is 0 Å². The highest BCUT2D eigenvalue weighted by molar-refractivity contribution is 6.17. The van der Waals surface area contributed by atoms with Crippen molar-refractivity contribution in [3.63, 3.8) is 0 Å². The maximum atomic E-state index is 6.04. The van der Waals surface area contributed by atoms with E-state index in [0.29, 0.717) is 5.88 Å². The summed E-state index contributed by atoms with van der Waals surface area (Å²) in [6.45, 7) is 2.01. The Labute approximate surface area is 119 Å². The summed E-state index contributed by atoms with van der Waals surface area (Å²) in [5.41, 5.74) is 5.23. The van der Waals surface area contributed by atoms with Crippen molar-refractivity contribution >= 4 is 17.3 Å². The molecule has 0 N–H and O–H groups in total. The molecule has 2 aromatic rings. The lowest BCUT2D eigenvalue weighted by molar-refractivity contribution is 0.761. The third-order valence-electron chi connectivity index (χ3n) is 3.73. The number of aryl methyl sites for hydroxylation is 1. The van der Waals surface area contributed by atoms with E-state index in [1.807, 2.05) is 18.5 Å². The van der Waals surface area contributed by atoms with Crippen molar-refractivity contribution in [1.82, 2.24) is 4.98 Å². The number of alkyl halides is 1. The van der Waals surface area contributed by atoms with Crippen molar-refractivity contribution < 1.29 is 0 Å². The molecule has 1 aliphatic rings. The first-order valence-electron chi connectivity index (χ1n) is 6.69. The van der Waals surface area contributed by atoms with Crippen LogP contribution in [-0.4, -0.2) is 11.5 Å². The predicted octanol–water partition coefficient (Wildman–Crippen LogP) is 3.77. The van der Waals surface area contributed by atoms with Gasteiger partial charge in [-0.2, -0.15) is 0 Å². The number of anilines is 1. The van der Waals surface area contributed by atoms with Crippen molar-refractivity contribution in [2.75, 3.05) is 11.4 Å². The van der Waals surface area contributed by atoms with Crippen LogP contribution in [0, 0.1) is 0 Å². The number of halogens is 1. The Bertz CT molecular complexity index is 568. The van der Waals surface area contributed by atoms with Crippen LogP contribution in [0.5, 0.6) is 0 Å². The summed E-state index contributed by atoms with van der Waals surface area (Å²) in [6.07, 6.45) is 6.08. The summed E-state index contributed by atoms with van der Waals surface area (Å²) in [7, 11) is 0. The van der Waals surface area contributed by atoms with E-state index in [1.54, 1.807) is 0 Å². The monoisotopic (exact) mass is 272 g/mol. The molecule has 0 unspecified atom stereocenters. The standard InChI is InChI=1S/C16H17ClN2/c17-10-14-7-8-18-11-16(14)19-9-3-6-13-4-1-2-5-15(13)12-19/h1-2,4-5,7-8,11H,3,6,9-10,12H2. The molecule has 0 fully saturated rings. The molecule has 1 aromatic carbocycles. The molecule has 0 amide bonds. The first-order chi connectivity index (χ1) is 9.38. The van der Waals surface area contributed by atoms with E-state index >= 15 is 0 Å². The number of rotatable bonds is 2. The van der Waals surface area contributed by atoms with Crippen LogP contribution >= 0.6 is 11.6 Å². The number of nitrogens with zero attached hydrogens (tertiary/aromatic N) is 2. The Balaban J connectivity index is 1.94. The number of fused-ring (bicyclic) bond motifs is 1. The molecule has 2 heterocycles. The maximum Gasteiger partial charge on any atom is 0.0600 e. The molecule has 0 saturated carbocycles. The minimum Gasteiger partial charge on any atom is -0.366 e. The van der Waals surface area contributed by atoms with E-state index in [1.165, 1.54) is 23.2 Å². The number of aromatic nitrogens is 1. The summed E-state index contributed by atoms with van der Waals surface area (Å²) in [5.74, 6) is 0.538. The van der Waals surface area contributed by atoms with Gasteiger partial charge in [0, 0.05) is 25.2 Å². The molecule has 3 rings (SSSR count). The number of pyridine rings is 1. The molecule has 1 aliphatic heterocycles. The molecule has 3 heteroatoms. The van der Waals surface area contributed by atoms with Crippen molar-refractivity contribution in [3.8, 4) is 0 Å². The smallest absolute Gasteiger partial charge is 0.0600 e. The number of hydrogen-bond acceptors (Lipinski definition) is 2. The van der Waals surface area contributed by atoms with Gasteiger partial charge in [-0.05, 0) is 35.6 Å². The molecular formula is C16H17ClN2. The molecule has 1 aromatic heterocycles. The van der Waals surface area contributed by atoms with Crippen LogP contribution < -0.4 is 4.90 Å². The van der Waals surface area contributed by atoms with Crippen LogP contribution in [0.15, 0.2) is 42.7 Å². The summed E-state index contributed by atoms with van der Waals surface area (Å²) in [6, 6.07) is 10.7. The summed E-state index contributed by atoms with van der Waals surface area (Å²) in [4.78, 5) is 6.65. The topological polar surface area (TPSA) is 16.1 Å². The lowest BCUT2D eigenvalue weighted by atomic mass is 10.0. The van der Waals surface area contributed by atoms with Crippen LogP contribution in [0.3, 0.4) is 0 Å². The van der Waals surface area contributed by atoms with Crippen molar-refractivity contribution in [3.05, 3.63) is 59.4 Å². The van der Waals surface area contributed by atoms with Gasteiger partial charge in [-0.25, -0.2) is 0 Å². The summed E-state index contributed by atoms with van der Waals surface area (Å²) in [5, 5.41) is 0. The second-order valence-electron chi connectivity index (χ2n) is 4.93. The predicted molar refractivity (Wildman–Crippen MR) is 79.6 cm³/mol. The second-order valence-corrected chi connectivity index (χ2v) is 5.20. The number of benzene rings is 1. The molecule has 0 radical (unpaired) electrons. The highest BCUT2D eigenvalue weighted by Gasteiger charge is 2.16. The Morgan fingerprint density at radius 2 is 2.00 bits per heavy atom. The Morgan fingerprint density at radius 1 is 1.16 bits per heavy atom. The zero-order chi connectivity index (χ0) is 13.1. The minimum atomic E-state index is 0.538. The van der Waals surface area contributed by atoms with Gasteiger partial charge in [-0.15, -0.1) is 11.6 Å². The van der Waals surface area contributed by atoms with Crippen LogP contribution in [0.1, 0.15) is 23.1 Å². The fourth-order valence-corrected chi connectivity index (χ4v) is 2.94. The van der Waals surface area contributed by atoms with E-state index in [0.717, 1.165) is 25.1 Å². The van der Waals surface area contributed by atoms with Crippen LogP contribution in [0.25, 0.3) is 0 Å². The maximum absolute atomic E-state index is 6.04. The third-order valence-corrected chi connectivity index (χ3v) is 4.01. The van der Waals surface area contributed by atoms with Crippen LogP contribution in [0.4, 0.5) is 5.69 Å². The highest BCUT2D eigenvalue weighted by Crippen LogP contribution is 2.26. The molecule has 0 spiro atoms. The lowest BCUT2D eigenvalue weighted by Gasteiger charge is -2.25. The molecule has 2 nitrogen and oxygen atoms in total. The molecule has 19 heavy (non-hydrogen) atoms. The third kappa shape index (κ3) is 2.59. The average molecular weight is 273 g/mol. The van der Waals surface area contributed by atoms with Gasteiger partial charge in [-0.3, -0.25) is 4.98 Å². The molecule has 0 saturated heterocycles. The van der Waals surface area contributed by atoms with Gasteiger partial charge in [0.25, 0.3) is 0 Å². The number of hydrogen-bond donors (Lipinski definition) is 0. The first kappa shape index (κ1) is 12.5. The second kappa shape index (κ2) is 5.62. The van der Waals surface area contributed by atoms with E-state index in [2.05, 4.69) is 34.1 Å². The fourth-order valence-electron chi connectivity index (χ4n) is 2.72. The Kier molecular flexibility index (Phi) is 3.69. The zero-order valence-corrected chi connectivity index (χ0v) is 11.6. The van der Waals surface area contributed by atoms with Gasteiger partial charge in [0.05, 0.1) is 11.9 Å². The van der Waals surface area contributed by atoms with E-state index in [4.69, 9.17) is 11.6 Å². The van der Waals surface area contributed by atoms with Gasteiger partial charge in [0.15, 0.2) is 0 Å². The highest BCUT2D eigenvalue weighted by atomic mass is 35.5. The molecule has 98 valence electrons. The Morgan fingerprint density at radius 3 is 2.84 bits per heavy atom. The molecule has 0 bridgehead atoms. The normalized spacial score (nSPS) is 14.9. The SMILES string of the molecule is ClCc1ccncc1N1CCCc2ccccc2C1. The summed E-state index contributed by atoms with van der Waals surface area (Å²) < 4.78 is 0. The zero-order valence-electron chi connectivity index (χ0n) is 10.8. The average Bonchev–Trinajstić information content (AvgIpc) is 2.69. The van der Waals surface area contributed by atoms with Crippen molar-refractivity contribution in [2.45, 2.75) is 25.3 Å². The van der Waals surface area contributed by atoms with Gasteiger partial charge < -0.3 is 4.90 Å². The minimum absolute atomic E-state index is 0.538. The largest absolute Gasteiger partial charge is 0.366 e. The van der Waals surface area contributed by atoms with Gasteiger partial charge in [-0.1, -0.05) is 24.3 Å². The van der Waals surface area contributed by atoms with E-state index in [-0.39, 0.29) is 0 Å². The summed E-state index contributed by atoms with van der Waals surface area (Å²) >= 11 is 6.04. The van der Waals surface area contributed by atoms with E-state index in [9.17, 15) is 0 Å². The molecule has 0 atom stereocenters. The van der Waals surface area contributed by atoms with Gasteiger partial charge in [0.1, 0.15) is 0 Å². The van der Waals surface area contributed by atoms with Crippen molar-refractivity contribution in [1.29, 1.82) is 0 Å². The lowest BCUT2D eigenvalue weighted by Crippen LogP contribution is -2.23. The first-order valence-corrected chi connectivity index (χ1v) is 7.22. The van der Waals surface area contributed by atoms with Crippen LogP contribution in [-0.2, 0) is 18.8 Å².